The largest absolute Gasteiger partial charge is 0.379 e. The van der Waals surface area contributed by atoms with E-state index in [9.17, 15) is 0 Å². The summed E-state index contributed by atoms with van der Waals surface area (Å²) in [6.07, 6.45) is 26.2. The van der Waals surface area contributed by atoms with Crippen LogP contribution in [0.4, 0.5) is 0 Å². The normalized spacial score (nSPS) is 17.8. The summed E-state index contributed by atoms with van der Waals surface area (Å²) in [5, 5.41) is 3.37. The van der Waals surface area contributed by atoms with Crippen LogP contribution in [0, 0.1) is 83.2 Å². The van der Waals surface area contributed by atoms with Gasteiger partial charge in [-0.15, -0.1) is 0 Å². The average Bonchev–Trinajstić information content (AvgIpc) is 0.868. The quantitative estimate of drug-likeness (QED) is 0.0773. The predicted molar refractivity (Wildman–Crippen MR) is 628 cm³/mol. The fourth-order valence-electron chi connectivity index (χ4n) is 15.0. The molecule has 6 aliphatic rings. The first-order chi connectivity index (χ1) is 58.8. The molecular formula is C121H276N12O2. The molecule has 0 aromatic rings. The fourth-order valence-corrected chi connectivity index (χ4v) is 15.0. The zero-order chi connectivity index (χ0) is 101. The number of likely N-dealkylation sites (tertiary alicyclic amines) is 3. The minimum Gasteiger partial charge on any atom is -0.379 e. The third-order valence-electron chi connectivity index (χ3n) is 27.4. The van der Waals surface area contributed by atoms with E-state index in [4.69, 9.17) is 9.47 Å². The SMILES string of the molecule is C.C.C.C.C.C.CC(C)(C)CCCN1CCCCC1.CC(C)(C)CCCN1CCCCC1.CC(C)(C)CCN1CCNCC1.CC(C)(C)CCN1CCOCC1.CC(CC(C)(C)C)N(C)C.CC(CN(C)C)C(C)(C)C.CC(CN1CCCCC1)C(C)(C)C.CC(CN1CCOCC1)C(C)(C)C.CCN(CC)CC(C)C(C)(C)C.CCN(CC)CCCC(C)(C)C.CN(C)CCC(C)(C)C. The number of morpholine rings is 2. The van der Waals surface area contributed by atoms with Crippen LogP contribution in [0.3, 0.4) is 0 Å². The molecule has 14 nitrogen and oxygen atoms in total. The molecule has 6 saturated heterocycles. The van der Waals surface area contributed by atoms with Crippen LogP contribution < -0.4 is 5.32 Å². The second-order valence-corrected chi connectivity index (χ2v) is 54.3. The van der Waals surface area contributed by atoms with Crippen molar-refractivity contribution in [1.29, 1.82) is 0 Å². The van der Waals surface area contributed by atoms with Crippen molar-refractivity contribution in [3.63, 3.8) is 0 Å². The van der Waals surface area contributed by atoms with Crippen molar-refractivity contribution in [3.8, 4) is 0 Å². The van der Waals surface area contributed by atoms with Gasteiger partial charge in [-0.1, -0.05) is 348 Å². The number of nitrogens with one attached hydrogen (secondary N) is 1. The summed E-state index contributed by atoms with van der Waals surface area (Å²) in [4.78, 5) is 27.2. The lowest BCUT2D eigenvalue weighted by atomic mass is 9.81. The summed E-state index contributed by atoms with van der Waals surface area (Å²) in [7, 11) is 12.8. The van der Waals surface area contributed by atoms with Crippen molar-refractivity contribution in [2.24, 2.45) is 83.2 Å². The van der Waals surface area contributed by atoms with Crippen LogP contribution in [-0.2, 0) is 9.47 Å². The minimum atomic E-state index is 0. The number of ether oxygens (including phenoxy) is 2. The molecular weight excluding hydrogens is 1650 g/mol. The number of hydrogen-bond donors (Lipinski definition) is 1. The third kappa shape index (κ3) is 112. The minimum absolute atomic E-state index is 0. The van der Waals surface area contributed by atoms with Gasteiger partial charge in [-0.25, -0.2) is 0 Å². The lowest BCUT2D eigenvalue weighted by Crippen LogP contribution is -2.44. The van der Waals surface area contributed by atoms with E-state index in [0.29, 0.717) is 65.6 Å². The average molecular weight is 1930 g/mol. The standard InChI is InChI=1S/3C12H25N.C11H23NO.2C11H25N.C10H22N2.C10H21NO.2C9H21N.C8H19N.6CH4/c1-11(12(2,3)4)10-13-8-6-5-7-9-13;2*1-12(2,3)8-7-11-13-9-5-4-6-10-13;1-10(11(2,3)4)9-12-5-7-13-8-6-12;1-7-12(8-2)9-10(3)11(4,5)6;1-6-12(7-2)10-8-9-11(3,4)5;1-10(2,3)4-7-12-8-5-11-6-9-12;1-10(2,3)4-5-11-6-8-12-9-7-11;1-8(7-10(5)6)9(2,3)4;1-8(10(5)6)7-9(2,3)4;1-8(2,3)6-7-9(4)5;;;;;;/h11H,5-10H2,1-4H3;2*4-11H2,1-3H3;10H,5-9H2,1-4H3;10H,7-9H2,1-6H3;6-10H2,1-5H3;11H,4-9H2,1-3H3;4-9H2,1-3H3;2*8H,7H2,1-6H3;6-7H2,1-5H3;6*1H4. The molecule has 6 aliphatic heterocycles. The van der Waals surface area contributed by atoms with Gasteiger partial charge in [-0.05, 0) is 340 Å². The summed E-state index contributed by atoms with van der Waals surface area (Å²) in [5.74, 6) is 3.11. The monoisotopic (exact) mass is 1930 g/mol. The van der Waals surface area contributed by atoms with E-state index >= 15 is 0 Å². The first-order valence-electron chi connectivity index (χ1n) is 54.4. The highest BCUT2D eigenvalue weighted by Gasteiger charge is 2.28. The van der Waals surface area contributed by atoms with Gasteiger partial charge in [-0.3, -0.25) is 9.80 Å². The maximum absolute atomic E-state index is 5.33. The van der Waals surface area contributed by atoms with E-state index in [1.807, 2.05) is 0 Å². The van der Waals surface area contributed by atoms with Crippen molar-refractivity contribution >= 4 is 0 Å². The Morgan fingerprint density at radius 1 is 0.267 bits per heavy atom. The van der Waals surface area contributed by atoms with Crippen LogP contribution in [0.25, 0.3) is 0 Å². The van der Waals surface area contributed by atoms with Gasteiger partial charge in [0.05, 0.1) is 26.4 Å². The van der Waals surface area contributed by atoms with Crippen LogP contribution >= 0.6 is 0 Å². The zero-order valence-corrected chi connectivity index (χ0v) is 98.7. The molecule has 5 unspecified atom stereocenters. The molecule has 0 saturated carbocycles. The highest BCUT2D eigenvalue weighted by molar-refractivity contribution is 4.81. The van der Waals surface area contributed by atoms with Crippen LogP contribution in [-0.4, -0.2) is 312 Å². The summed E-state index contributed by atoms with van der Waals surface area (Å²) in [6.45, 7) is 135. The predicted octanol–water partition coefficient (Wildman–Crippen LogP) is 31.4. The molecule has 135 heavy (non-hydrogen) atoms. The van der Waals surface area contributed by atoms with Gasteiger partial charge in [0, 0.05) is 84.6 Å². The molecule has 1 N–H and O–H groups in total. The fraction of sp³-hybridized carbons (Fsp3) is 1.00. The Labute approximate surface area is 862 Å². The summed E-state index contributed by atoms with van der Waals surface area (Å²) < 4.78 is 10.6. The molecule has 0 aromatic heterocycles. The van der Waals surface area contributed by atoms with Crippen molar-refractivity contribution < 1.29 is 9.47 Å². The highest BCUT2D eigenvalue weighted by Crippen LogP contribution is 2.32. The maximum atomic E-state index is 5.33. The van der Waals surface area contributed by atoms with E-state index < -0.39 is 0 Å². The molecule has 0 bridgehead atoms. The topological polar surface area (TPSA) is 66.1 Å². The molecule has 0 spiro atoms. The molecule has 6 rings (SSSR count). The molecule has 5 atom stereocenters. The van der Waals surface area contributed by atoms with E-state index in [1.54, 1.807) is 0 Å². The Hall–Kier alpha value is -0.560. The van der Waals surface area contributed by atoms with Crippen LogP contribution in [0.15, 0.2) is 0 Å². The summed E-state index contributed by atoms with van der Waals surface area (Å²) >= 11 is 0. The van der Waals surface area contributed by atoms with E-state index in [1.165, 1.54) is 279 Å². The first-order valence-corrected chi connectivity index (χ1v) is 54.4. The summed E-state index contributed by atoms with van der Waals surface area (Å²) in [5.41, 5.74) is 5.26. The van der Waals surface area contributed by atoms with Gasteiger partial charge in [-0.2, -0.15) is 0 Å². The van der Waals surface area contributed by atoms with Crippen molar-refractivity contribution in [3.05, 3.63) is 0 Å². The Bertz CT molecular complexity index is 2300. The van der Waals surface area contributed by atoms with Gasteiger partial charge >= 0.3 is 0 Å². The van der Waals surface area contributed by atoms with Crippen molar-refractivity contribution in [1.82, 2.24) is 59.2 Å². The summed E-state index contributed by atoms with van der Waals surface area (Å²) in [6, 6.07) is 0.694. The Balaban J connectivity index is -0.000000139. The maximum Gasteiger partial charge on any atom is 0.0594 e. The first kappa shape index (κ1) is 157. The van der Waals surface area contributed by atoms with E-state index in [2.05, 4.69) is 392 Å². The van der Waals surface area contributed by atoms with Gasteiger partial charge in [0.2, 0.25) is 0 Å². The number of piperazine rings is 1. The van der Waals surface area contributed by atoms with Crippen LogP contribution in [0.1, 0.15) is 457 Å². The van der Waals surface area contributed by atoms with Crippen LogP contribution in [0.5, 0.6) is 0 Å². The lowest BCUT2D eigenvalue weighted by molar-refractivity contribution is 0.0227. The molecule has 14 heteroatoms. The highest BCUT2D eigenvalue weighted by atomic mass is 16.5. The molecule has 6 fully saturated rings. The number of nitrogens with zero attached hydrogens (tertiary/aromatic N) is 11. The van der Waals surface area contributed by atoms with Crippen molar-refractivity contribution in [2.45, 2.75) is 463 Å². The molecule has 0 amide bonds. The molecule has 0 radical (unpaired) electrons. The number of rotatable bonds is 29. The smallest absolute Gasteiger partial charge is 0.0594 e. The van der Waals surface area contributed by atoms with E-state index in [0.717, 1.165) is 76.3 Å². The van der Waals surface area contributed by atoms with Crippen molar-refractivity contribution in [2.75, 3.05) is 252 Å². The Morgan fingerprint density at radius 2 is 0.533 bits per heavy atom. The van der Waals surface area contributed by atoms with E-state index in [-0.39, 0.29) is 44.6 Å². The number of piperidine rings is 3. The second-order valence-electron chi connectivity index (χ2n) is 54.3. The Kier molecular flexibility index (Phi) is 97.2. The molecule has 6 heterocycles. The molecule has 832 valence electrons. The van der Waals surface area contributed by atoms with Gasteiger partial charge < -0.3 is 58.9 Å². The lowest BCUT2D eigenvalue weighted by Gasteiger charge is -2.34. The van der Waals surface area contributed by atoms with Gasteiger partial charge in [0.15, 0.2) is 0 Å². The number of hydrogen-bond acceptors (Lipinski definition) is 14. The second kappa shape index (κ2) is 83.5. The molecule has 0 aromatic carbocycles. The molecule has 0 aliphatic carbocycles. The Morgan fingerprint density at radius 3 is 0.778 bits per heavy atom. The van der Waals surface area contributed by atoms with Crippen LogP contribution in [0.2, 0.25) is 0 Å². The zero-order valence-electron chi connectivity index (χ0n) is 98.7. The van der Waals surface area contributed by atoms with Gasteiger partial charge in [0.1, 0.15) is 0 Å². The third-order valence-corrected chi connectivity index (χ3v) is 27.4. The van der Waals surface area contributed by atoms with Gasteiger partial charge in [0.25, 0.3) is 0 Å².